The van der Waals surface area contributed by atoms with E-state index in [1.54, 1.807) is 0 Å². The summed E-state index contributed by atoms with van der Waals surface area (Å²) in [5.74, 6) is -0.328. The molecule has 1 atom stereocenters. The number of esters is 1. The number of ether oxygens (including phenoxy) is 1. The Bertz CT molecular complexity index is 415. The molecule has 0 bridgehead atoms. The second-order valence-corrected chi connectivity index (χ2v) is 4.62. The van der Waals surface area contributed by atoms with Crippen LogP contribution in [0.1, 0.15) is 29.5 Å². The zero-order valence-corrected chi connectivity index (χ0v) is 10.2. The number of rotatable bonds is 4. The van der Waals surface area contributed by atoms with E-state index in [1.165, 1.54) is 43.1 Å². The minimum absolute atomic E-state index is 0.328. The van der Waals surface area contributed by atoms with E-state index in [0.717, 1.165) is 6.42 Å². The van der Waals surface area contributed by atoms with Crippen LogP contribution in [0.2, 0.25) is 0 Å². The topological polar surface area (TPSA) is 52.3 Å². The molecule has 0 saturated heterocycles. The fraction of sp³-hybridized carbons (Fsp3) is 0.500. The van der Waals surface area contributed by atoms with Gasteiger partial charge >= 0.3 is 5.97 Å². The van der Waals surface area contributed by atoms with Crippen LogP contribution in [0.25, 0.3) is 0 Å². The Morgan fingerprint density at radius 1 is 1.41 bits per heavy atom. The van der Waals surface area contributed by atoms with Gasteiger partial charge in [-0.25, -0.2) is 0 Å². The van der Waals surface area contributed by atoms with Crippen molar-refractivity contribution in [3.63, 3.8) is 0 Å². The van der Waals surface area contributed by atoms with Crippen LogP contribution in [0.5, 0.6) is 0 Å². The van der Waals surface area contributed by atoms with E-state index in [-0.39, 0.29) is 5.97 Å². The lowest BCUT2D eigenvalue weighted by Gasteiger charge is -2.09. The minimum atomic E-state index is -0.506. The smallest absolute Gasteiger partial charge is 0.322 e. The molecule has 17 heavy (non-hydrogen) atoms. The summed E-state index contributed by atoms with van der Waals surface area (Å²) < 4.78 is 4.61. The second-order valence-electron chi connectivity index (χ2n) is 4.62. The van der Waals surface area contributed by atoms with Gasteiger partial charge in [-0.3, -0.25) is 4.79 Å². The highest BCUT2D eigenvalue weighted by Crippen LogP contribution is 2.23. The molecule has 92 valence electrons. The molecule has 1 aliphatic carbocycles. The average molecular weight is 233 g/mol. The van der Waals surface area contributed by atoms with Crippen LogP contribution < -0.4 is 5.73 Å². The highest BCUT2D eigenvalue weighted by Gasteiger charge is 2.14. The zero-order valence-electron chi connectivity index (χ0n) is 10.2. The van der Waals surface area contributed by atoms with Crippen molar-refractivity contribution in [2.75, 3.05) is 7.11 Å². The SMILES string of the molecule is COC(=O)C(N)CCc1ccc2c(c1)CCC2. The molecule has 1 aromatic rings. The Balaban J connectivity index is 1.93. The number of carbonyl (C=O) groups excluding carboxylic acids is 1. The standard InChI is InChI=1S/C14H19NO2/c1-17-14(16)13(15)8-6-10-5-7-11-3-2-4-12(11)9-10/h5,7,9,13H,2-4,6,8,15H2,1H3. The average Bonchev–Trinajstić information content (AvgIpc) is 2.82. The molecule has 0 radical (unpaired) electrons. The molecule has 0 fully saturated rings. The minimum Gasteiger partial charge on any atom is -0.468 e. The third kappa shape index (κ3) is 2.86. The number of nitrogens with two attached hydrogens (primary N) is 1. The lowest BCUT2D eigenvalue weighted by atomic mass is 10.0. The number of hydrogen-bond acceptors (Lipinski definition) is 3. The number of aryl methyl sites for hydroxylation is 3. The van der Waals surface area contributed by atoms with E-state index in [2.05, 4.69) is 22.9 Å². The molecule has 1 unspecified atom stereocenters. The van der Waals surface area contributed by atoms with Crippen LogP contribution in [0.15, 0.2) is 18.2 Å². The van der Waals surface area contributed by atoms with Crippen molar-refractivity contribution in [1.29, 1.82) is 0 Å². The van der Waals surface area contributed by atoms with Crippen LogP contribution >= 0.6 is 0 Å². The van der Waals surface area contributed by atoms with E-state index >= 15 is 0 Å². The first kappa shape index (κ1) is 12.1. The summed E-state index contributed by atoms with van der Waals surface area (Å²) in [5, 5.41) is 0. The van der Waals surface area contributed by atoms with Crippen LogP contribution in [-0.4, -0.2) is 19.1 Å². The van der Waals surface area contributed by atoms with Gasteiger partial charge in [0, 0.05) is 0 Å². The molecule has 1 aliphatic rings. The lowest BCUT2D eigenvalue weighted by molar-refractivity contribution is -0.142. The monoisotopic (exact) mass is 233 g/mol. The van der Waals surface area contributed by atoms with Gasteiger partial charge < -0.3 is 10.5 Å². The summed E-state index contributed by atoms with van der Waals surface area (Å²) in [5.41, 5.74) is 9.93. The Hall–Kier alpha value is -1.35. The molecule has 0 heterocycles. The maximum atomic E-state index is 11.2. The molecular weight excluding hydrogens is 214 g/mol. The van der Waals surface area contributed by atoms with Crippen molar-refractivity contribution in [3.05, 3.63) is 34.9 Å². The summed E-state index contributed by atoms with van der Waals surface area (Å²) in [6, 6.07) is 6.11. The van der Waals surface area contributed by atoms with Gasteiger partial charge in [-0.15, -0.1) is 0 Å². The summed E-state index contributed by atoms with van der Waals surface area (Å²) in [6.45, 7) is 0. The van der Waals surface area contributed by atoms with Crippen LogP contribution in [0.4, 0.5) is 0 Å². The fourth-order valence-electron chi connectivity index (χ4n) is 2.37. The van der Waals surface area contributed by atoms with Crippen molar-refractivity contribution >= 4 is 5.97 Å². The Morgan fingerprint density at radius 2 is 2.18 bits per heavy atom. The quantitative estimate of drug-likeness (QED) is 0.804. The van der Waals surface area contributed by atoms with E-state index in [9.17, 15) is 4.79 Å². The first-order valence-electron chi connectivity index (χ1n) is 6.15. The molecular formula is C14H19NO2. The Morgan fingerprint density at radius 3 is 2.94 bits per heavy atom. The molecule has 0 amide bonds. The summed E-state index contributed by atoms with van der Waals surface area (Å²) in [6.07, 6.45) is 5.14. The molecule has 3 nitrogen and oxygen atoms in total. The summed E-state index contributed by atoms with van der Waals surface area (Å²) >= 11 is 0. The van der Waals surface area contributed by atoms with Crippen molar-refractivity contribution < 1.29 is 9.53 Å². The molecule has 0 aliphatic heterocycles. The highest BCUT2D eigenvalue weighted by molar-refractivity contribution is 5.75. The highest BCUT2D eigenvalue weighted by atomic mass is 16.5. The lowest BCUT2D eigenvalue weighted by Crippen LogP contribution is -2.31. The molecule has 0 aromatic heterocycles. The molecule has 2 N–H and O–H groups in total. The van der Waals surface area contributed by atoms with Gasteiger partial charge in [-0.05, 0) is 48.8 Å². The molecule has 2 rings (SSSR count). The first-order valence-corrected chi connectivity index (χ1v) is 6.15. The third-order valence-electron chi connectivity index (χ3n) is 3.41. The predicted molar refractivity (Wildman–Crippen MR) is 66.8 cm³/mol. The fourth-order valence-corrected chi connectivity index (χ4v) is 2.37. The molecule has 3 heteroatoms. The van der Waals surface area contributed by atoms with Crippen molar-refractivity contribution in [1.82, 2.24) is 0 Å². The van der Waals surface area contributed by atoms with Crippen molar-refractivity contribution in [2.24, 2.45) is 5.73 Å². The van der Waals surface area contributed by atoms with E-state index in [1.807, 2.05) is 0 Å². The molecule has 0 spiro atoms. The van der Waals surface area contributed by atoms with Crippen LogP contribution in [0.3, 0.4) is 0 Å². The maximum Gasteiger partial charge on any atom is 0.322 e. The number of carbonyl (C=O) groups is 1. The van der Waals surface area contributed by atoms with Crippen LogP contribution in [0, 0.1) is 0 Å². The zero-order chi connectivity index (χ0) is 12.3. The summed E-state index contributed by atoms with van der Waals surface area (Å²) in [4.78, 5) is 11.2. The predicted octanol–water partition coefficient (Wildman–Crippen LogP) is 1.61. The van der Waals surface area contributed by atoms with E-state index < -0.39 is 6.04 Å². The first-order chi connectivity index (χ1) is 8.20. The largest absolute Gasteiger partial charge is 0.468 e. The van der Waals surface area contributed by atoms with Gasteiger partial charge in [0.1, 0.15) is 6.04 Å². The maximum absolute atomic E-state index is 11.2. The molecule has 1 aromatic carbocycles. The van der Waals surface area contributed by atoms with Crippen LogP contribution in [-0.2, 0) is 28.8 Å². The van der Waals surface area contributed by atoms with Gasteiger partial charge in [0.25, 0.3) is 0 Å². The second kappa shape index (κ2) is 5.32. The number of benzene rings is 1. The van der Waals surface area contributed by atoms with Crippen molar-refractivity contribution in [2.45, 2.75) is 38.1 Å². The van der Waals surface area contributed by atoms with Gasteiger partial charge in [-0.1, -0.05) is 18.2 Å². The normalized spacial score (nSPS) is 15.4. The number of methoxy groups -OCH3 is 1. The van der Waals surface area contributed by atoms with E-state index in [4.69, 9.17) is 5.73 Å². The van der Waals surface area contributed by atoms with Gasteiger partial charge in [0.15, 0.2) is 0 Å². The van der Waals surface area contributed by atoms with E-state index in [0.29, 0.717) is 6.42 Å². The van der Waals surface area contributed by atoms with Gasteiger partial charge in [0.2, 0.25) is 0 Å². The van der Waals surface area contributed by atoms with Gasteiger partial charge in [-0.2, -0.15) is 0 Å². The van der Waals surface area contributed by atoms with Crippen molar-refractivity contribution in [3.8, 4) is 0 Å². The third-order valence-corrected chi connectivity index (χ3v) is 3.41. The van der Waals surface area contributed by atoms with Gasteiger partial charge in [0.05, 0.1) is 7.11 Å². The Kier molecular flexibility index (Phi) is 3.79. The molecule has 0 saturated carbocycles. The number of hydrogen-bond donors (Lipinski definition) is 1. The Labute approximate surface area is 102 Å². The number of fused-ring (bicyclic) bond motifs is 1. The summed E-state index contributed by atoms with van der Waals surface area (Å²) in [7, 11) is 1.37.